The molecule has 1 aromatic rings. The summed E-state index contributed by atoms with van der Waals surface area (Å²) in [6, 6.07) is 1.53. The molecule has 0 aromatic carbocycles. The standard InChI is InChI=1S/C13H20N2O3S2/c1-10(2)9-14-13(16)12-11(5-8-19-12)20(17,18)15-6-3-4-7-15/h5,8,10H,3-4,6-7,9H2,1-2H3,(H,14,16). The molecule has 1 N–H and O–H groups in total. The van der Waals surface area contributed by atoms with Gasteiger partial charge in [0.05, 0.1) is 0 Å². The molecule has 1 amide bonds. The minimum atomic E-state index is -3.53. The fourth-order valence-corrected chi connectivity index (χ4v) is 4.94. The lowest BCUT2D eigenvalue weighted by molar-refractivity contribution is 0.0950. The zero-order valence-electron chi connectivity index (χ0n) is 11.8. The molecule has 0 unspecified atom stereocenters. The summed E-state index contributed by atoms with van der Waals surface area (Å²) in [6.07, 6.45) is 1.77. The number of sulfonamides is 1. The van der Waals surface area contributed by atoms with Crippen LogP contribution in [0.4, 0.5) is 0 Å². The van der Waals surface area contributed by atoms with Crippen LogP contribution in [0.5, 0.6) is 0 Å². The summed E-state index contributed by atoms with van der Waals surface area (Å²) in [5.74, 6) is 0.0315. The molecule has 5 nitrogen and oxygen atoms in total. The smallest absolute Gasteiger partial charge is 0.262 e. The summed E-state index contributed by atoms with van der Waals surface area (Å²) in [5.41, 5.74) is 0. The molecule has 1 saturated heterocycles. The molecule has 1 fully saturated rings. The van der Waals surface area contributed by atoms with Gasteiger partial charge in [-0.1, -0.05) is 13.8 Å². The van der Waals surface area contributed by atoms with Gasteiger partial charge < -0.3 is 5.32 Å². The number of hydrogen-bond donors (Lipinski definition) is 1. The molecule has 2 rings (SSSR count). The average molecular weight is 316 g/mol. The lowest BCUT2D eigenvalue weighted by Gasteiger charge is -2.15. The van der Waals surface area contributed by atoms with E-state index in [0.29, 0.717) is 25.6 Å². The molecule has 0 aliphatic carbocycles. The molecular weight excluding hydrogens is 296 g/mol. The van der Waals surface area contributed by atoms with Gasteiger partial charge in [0.1, 0.15) is 9.77 Å². The van der Waals surface area contributed by atoms with Gasteiger partial charge in [-0.15, -0.1) is 11.3 Å². The third-order valence-corrected chi connectivity index (χ3v) is 6.17. The first-order valence-electron chi connectivity index (χ1n) is 6.78. The Morgan fingerprint density at radius 3 is 2.65 bits per heavy atom. The molecule has 20 heavy (non-hydrogen) atoms. The monoisotopic (exact) mass is 316 g/mol. The fourth-order valence-electron chi connectivity index (χ4n) is 2.11. The summed E-state index contributed by atoms with van der Waals surface area (Å²) in [7, 11) is -3.53. The molecule has 112 valence electrons. The predicted molar refractivity (Wildman–Crippen MR) is 79.5 cm³/mol. The topological polar surface area (TPSA) is 66.5 Å². The zero-order valence-corrected chi connectivity index (χ0v) is 13.4. The molecule has 0 saturated carbocycles. The van der Waals surface area contributed by atoms with Crippen LogP contribution in [0, 0.1) is 5.92 Å². The van der Waals surface area contributed by atoms with Crippen molar-refractivity contribution in [3.8, 4) is 0 Å². The highest BCUT2D eigenvalue weighted by Gasteiger charge is 2.31. The van der Waals surface area contributed by atoms with Crippen LogP contribution in [0.15, 0.2) is 16.3 Å². The van der Waals surface area contributed by atoms with Crippen LogP contribution in [0.1, 0.15) is 36.4 Å². The lowest BCUT2D eigenvalue weighted by atomic mass is 10.2. The molecule has 0 radical (unpaired) electrons. The van der Waals surface area contributed by atoms with E-state index in [1.54, 1.807) is 5.38 Å². The van der Waals surface area contributed by atoms with Gasteiger partial charge in [0.25, 0.3) is 5.91 Å². The van der Waals surface area contributed by atoms with E-state index in [1.807, 2.05) is 13.8 Å². The minimum Gasteiger partial charge on any atom is -0.351 e. The number of nitrogens with one attached hydrogen (secondary N) is 1. The first-order chi connectivity index (χ1) is 9.43. The third-order valence-electron chi connectivity index (χ3n) is 3.19. The summed E-state index contributed by atoms with van der Waals surface area (Å²) in [4.78, 5) is 12.5. The second kappa shape index (κ2) is 6.24. The fraction of sp³-hybridized carbons (Fsp3) is 0.615. The minimum absolute atomic E-state index is 0.144. The van der Waals surface area contributed by atoms with Crippen LogP contribution in [0.3, 0.4) is 0 Å². The van der Waals surface area contributed by atoms with Crippen LogP contribution in [-0.4, -0.2) is 38.3 Å². The highest BCUT2D eigenvalue weighted by molar-refractivity contribution is 7.89. The predicted octanol–water partition coefficient (Wildman–Crippen LogP) is 1.92. The van der Waals surface area contributed by atoms with E-state index in [0.717, 1.165) is 12.8 Å². The second-order valence-corrected chi connectivity index (χ2v) is 8.15. The van der Waals surface area contributed by atoms with Crippen molar-refractivity contribution in [1.82, 2.24) is 9.62 Å². The maximum atomic E-state index is 12.5. The number of carbonyl (C=O) groups is 1. The van der Waals surface area contributed by atoms with Crippen molar-refractivity contribution in [2.24, 2.45) is 5.92 Å². The van der Waals surface area contributed by atoms with E-state index in [2.05, 4.69) is 5.32 Å². The first kappa shape index (κ1) is 15.5. The van der Waals surface area contributed by atoms with E-state index < -0.39 is 10.0 Å². The molecule has 1 aliphatic heterocycles. The van der Waals surface area contributed by atoms with Crippen molar-refractivity contribution in [3.63, 3.8) is 0 Å². The molecule has 7 heteroatoms. The molecular formula is C13H20N2O3S2. The highest BCUT2D eigenvalue weighted by atomic mass is 32.2. The molecule has 1 aliphatic rings. The summed E-state index contributed by atoms with van der Waals surface area (Å²) >= 11 is 1.18. The van der Waals surface area contributed by atoms with Crippen molar-refractivity contribution in [2.45, 2.75) is 31.6 Å². The van der Waals surface area contributed by atoms with Crippen molar-refractivity contribution >= 4 is 27.3 Å². The Hall–Kier alpha value is -0.920. The molecule has 0 bridgehead atoms. The number of amides is 1. The summed E-state index contributed by atoms with van der Waals surface area (Å²) in [6.45, 7) is 5.63. The van der Waals surface area contributed by atoms with Gasteiger partial charge in [0, 0.05) is 19.6 Å². The Balaban J connectivity index is 2.21. The van der Waals surface area contributed by atoms with E-state index >= 15 is 0 Å². The van der Waals surface area contributed by atoms with Crippen molar-refractivity contribution < 1.29 is 13.2 Å². The Morgan fingerprint density at radius 1 is 1.40 bits per heavy atom. The normalized spacial score (nSPS) is 16.8. The quantitative estimate of drug-likeness (QED) is 0.902. The Kier molecular flexibility index (Phi) is 4.82. The van der Waals surface area contributed by atoms with Crippen LogP contribution in [-0.2, 0) is 10.0 Å². The largest absolute Gasteiger partial charge is 0.351 e. The van der Waals surface area contributed by atoms with E-state index in [1.165, 1.54) is 21.7 Å². The lowest BCUT2D eigenvalue weighted by Crippen LogP contribution is -2.31. The zero-order chi connectivity index (χ0) is 14.8. The van der Waals surface area contributed by atoms with E-state index in [4.69, 9.17) is 0 Å². The van der Waals surface area contributed by atoms with Crippen LogP contribution in [0.2, 0.25) is 0 Å². The maximum Gasteiger partial charge on any atom is 0.262 e. The van der Waals surface area contributed by atoms with Gasteiger partial charge in [-0.25, -0.2) is 8.42 Å². The van der Waals surface area contributed by atoms with Gasteiger partial charge in [0.2, 0.25) is 10.0 Å². The second-order valence-electron chi connectivity index (χ2n) is 5.33. The molecule has 1 aromatic heterocycles. The van der Waals surface area contributed by atoms with Crippen LogP contribution < -0.4 is 5.32 Å². The molecule has 0 atom stereocenters. The van der Waals surface area contributed by atoms with Crippen molar-refractivity contribution in [3.05, 3.63) is 16.3 Å². The van der Waals surface area contributed by atoms with Crippen molar-refractivity contribution in [1.29, 1.82) is 0 Å². The van der Waals surface area contributed by atoms with Crippen LogP contribution >= 0.6 is 11.3 Å². The summed E-state index contributed by atoms with van der Waals surface area (Å²) in [5, 5.41) is 4.44. The number of carbonyl (C=O) groups excluding carboxylic acids is 1. The third kappa shape index (κ3) is 3.21. The van der Waals surface area contributed by atoms with Gasteiger partial charge in [-0.3, -0.25) is 4.79 Å². The van der Waals surface area contributed by atoms with E-state index in [9.17, 15) is 13.2 Å². The van der Waals surface area contributed by atoms with Gasteiger partial charge in [-0.05, 0) is 30.2 Å². The van der Waals surface area contributed by atoms with E-state index in [-0.39, 0.29) is 15.7 Å². The maximum absolute atomic E-state index is 12.5. The SMILES string of the molecule is CC(C)CNC(=O)c1sccc1S(=O)(=O)N1CCCC1. The van der Waals surface area contributed by atoms with Gasteiger partial charge in [-0.2, -0.15) is 4.31 Å². The van der Waals surface area contributed by atoms with Crippen LogP contribution in [0.25, 0.3) is 0 Å². The molecule has 0 spiro atoms. The van der Waals surface area contributed by atoms with Gasteiger partial charge >= 0.3 is 0 Å². The first-order valence-corrected chi connectivity index (χ1v) is 9.10. The Bertz CT molecular complexity index is 572. The number of nitrogens with zero attached hydrogens (tertiary/aromatic N) is 1. The molecule has 2 heterocycles. The Labute approximate surface area is 124 Å². The number of hydrogen-bond acceptors (Lipinski definition) is 4. The summed E-state index contributed by atoms with van der Waals surface area (Å²) < 4.78 is 26.5. The number of thiophene rings is 1. The number of rotatable bonds is 5. The van der Waals surface area contributed by atoms with Gasteiger partial charge in [0.15, 0.2) is 0 Å². The van der Waals surface area contributed by atoms with Crippen molar-refractivity contribution in [2.75, 3.05) is 19.6 Å². The Morgan fingerprint density at radius 2 is 2.05 bits per heavy atom. The highest BCUT2D eigenvalue weighted by Crippen LogP contribution is 2.27. The average Bonchev–Trinajstić information content (AvgIpc) is 3.06.